The number of phosphoric acid groups is 1. The predicted octanol–water partition coefficient (Wildman–Crippen LogP) is -3.34. The molecule has 0 spiro atoms. The van der Waals surface area contributed by atoms with Gasteiger partial charge in [0, 0.05) is 0 Å². The monoisotopic (exact) mass is 242 g/mol. The van der Waals surface area contributed by atoms with Crippen molar-refractivity contribution in [1.29, 1.82) is 0 Å². The molecule has 1 fully saturated rings. The molecule has 0 bridgehead atoms. The van der Waals surface area contributed by atoms with E-state index in [2.05, 4.69) is 4.52 Å². The number of phosphoric ester groups is 1. The maximum Gasteiger partial charge on any atom is 0.192 e. The molecular weight excluding hydrogens is 231 g/mol. The number of hydrogen-bond acceptors (Lipinski definition) is 8. The number of hydrogen-bond donors (Lipinski definition) is 3. The summed E-state index contributed by atoms with van der Waals surface area (Å²) in [6.07, 6.45) is -4.39. The highest BCUT2D eigenvalue weighted by molar-refractivity contribution is 7.43. The highest BCUT2D eigenvalue weighted by atomic mass is 31.2. The lowest BCUT2D eigenvalue weighted by Gasteiger charge is -2.30. The summed E-state index contributed by atoms with van der Waals surface area (Å²) in [4.78, 5) is 20.3. The van der Waals surface area contributed by atoms with E-state index < -0.39 is 38.5 Å². The summed E-state index contributed by atoms with van der Waals surface area (Å²) >= 11 is 0. The van der Waals surface area contributed by atoms with Crippen molar-refractivity contribution < 1.29 is 38.9 Å². The molecule has 15 heavy (non-hydrogen) atoms. The summed E-state index contributed by atoms with van der Waals surface area (Å²) in [5.41, 5.74) is 0. The maximum atomic E-state index is 10.1. The third-order valence-electron chi connectivity index (χ3n) is 2.04. The molecule has 0 aromatic rings. The first-order valence-corrected chi connectivity index (χ1v) is 5.52. The molecule has 1 aliphatic rings. The van der Waals surface area contributed by atoms with E-state index in [1.165, 1.54) is 0 Å². The average Bonchev–Trinajstić information content (AvgIpc) is 2.25. The summed E-state index contributed by atoms with van der Waals surface area (Å²) < 4.78 is 18.7. The van der Waals surface area contributed by atoms with Crippen LogP contribution in [0.25, 0.3) is 0 Å². The molecule has 0 aromatic heterocycles. The van der Waals surface area contributed by atoms with Crippen LogP contribution in [0.1, 0.15) is 6.92 Å². The Bertz CT molecular complexity index is 272. The summed E-state index contributed by atoms with van der Waals surface area (Å²) in [6, 6.07) is 0. The molecule has 3 N–H and O–H groups in total. The summed E-state index contributed by atoms with van der Waals surface area (Å²) in [7, 11) is -5.16. The Labute approximate surface area is 85.3 Å². The molecule has 0 aliphatic carbocycles. The quantitative estimate of drug-likeness (QED) is 0.436. The second kappa shape index (κ2) is 4.08. The Hall–Kier alpha value is -0.0500. The van der Waals surface area contributed by atoms with E-state index in [0.717, 1.165) is 6.92 Å². The Morgan fingerprint density at radius 3 is 2.40 bits per heavy atom. The number of aliphatic hydroxyl groups excluding tert-OH is 2. The lowest BCUT2D eigenvalue weighted by molar-refractivity contribution is -0.343. The molecule has 1 aliphatic heterocycles. The minimum Gasteiger partial charge on any atom is -0.790 e. The molecule has 4 atom stereocenters. The molecular formula is C6H11O8P-2. The van der Waals surface area contributed by atoms with Gasteiger partial charge in [0.15, 0.2) is 5.79 Å². The second-order valence-electron chi connectivity index (χ2n) is 3.39. The van der Waals surface area contributed by atoms with Crippen LogP contribution in [-0.2, 0) is 13.8 Å². The van der Waals surface area contributed by atoms with Gasteiger partial charge in [0.25, 0.3) is 0 Å². The largest absolute Gasteiger partial charge is 0.790 e. The fraction of sp³-hybridized carbons (Fsp3) is 1.00. The minimum absolute atomic E-state index is 0.751. The zero-order valence-corrected chi connectivity index (χ0v) is 8.66. The molecule has 0 radical (unpaired) electrons. The maximum absolute atomic E-state index is 10.1. The van der Waals surface area contributed by atoms with Crippen LogP contribution >= 0.6 is 7.82 Å². The SMILES string of the molecule is CC1(O)O[C@H](COP(=O)([O-])[O-])[C@@H](O)[C@@H]1O. The van der Waals surface area contributed by atoms with Crippen molar-refractivity contribution in [3.63, 3.8) is 0 Å². The van der Waals surface area contributed by atoms with Gasteiger partial charge in [-0.3, -0.25) is 0 Å². The molecule has 9 heteroatoms. The highest BCUT2D eigenvalue weighted by Gasteiger charge is 2.50. The Balaban J connectivity index is 2.56. The lowest BCUT2D eigenvalue weighted by Crippen LogP contribution is -2.40. The zero-order valence-electron chi connectivity index (χ0n) is 7.77. The van der Waals surface area contributed by atoms with Crippen LogP contribution in [0.5, 0.6) is 0 Å². The first-order chi connectivity index (χ1) is 6.63. The van der Waals surface area contributed by atoms with E-state index in [-0.39, 0.29) is 0 Å². The van der Waals surface area contributed by atoms with E-state index in [9.17, 15) is 29.7 Å². The van der Waals surface area contributed by atoms with Crippen LogP contribution in [0, 0.1) is 0 Å². The van der Waals surface area contributed by atoms with Gasteiger partial charge in [0.05, 0.1) is 14.4 Å². The molecule has 0 aromatic carbocycles. The molecule has 1 unspecified atom stereocenters. The summed E-state index contributed by atoms with van der Waals surface area (Å²) in [6.45, 7) is 0.341. The fourth-order valence-electron chi connectivity index (χ4n) is 1.26. The van der Waals surface area contributed by atoms with Crippen LogP contribution in [0.15, 0.2) is 0 Å². The lowest BCUT2D eigenvalue weighted by atomic mass is 10.1. The Morgan fingerprint density at radius 1 is 1.53 bits per heavy atom. The van der Waals surface area contributed by atoms with Gasteiger partial charge in [-0.15, -0.1) is 0 Å². The van der Waals surface area contributed by atoms with E-state index in [4.69, 9.17) is 4.74 Å². The number of rotatable bonds is 3. The van der Waals surface area contributed by atoms with Crippen LogP contribution < -0.4 is 9.79 Å². The van der Waals surface area contributed by atoms with E-state index in [1.54, 1.807) is 0 Å². The van der Waals surface area contributed by atoms with Gasteiger partial charge in [0.1, 0.15) is 18.3 Å². The first-order valence-electron chi connectivity index (χ1n) is 4.06. The van der Waals surface area contributed by atoms with Crippen molar-refractivity contribution in [2.75, 3.05) is 6.61 Å². The normalized spacial score (nSPS) is 42.1. The van der Waals surface area contributed by atoms with E-state index in [1.807, 2.05) is 0 Å². The van der Waals surface area contributed by atoms with Crippen molar-refractivity contribution in [3.8, 4) is 0 Å². The average molecular weight is 242 g/mol. The molecule has 1 heterocycles. The molecule has 0 amide bonds. The molecule has 90 valence electrons. The van der Waals surface area contributed by atoms with Crippen molar-refractivity contribution in [1.82, 2.24) is 0 Å². The van der Waals surface area contributed by atoms with Crippen LogP contribution in [-0.4, -0.2) is 46.0 Å². The predicted molar refractivity (Wildman–Crippen MR) is 41.1 cm³/mol. The molecule has 0 saturated carbocycles. The topological polar surface area (TPSA) is 142 Å². The minimum atomic E-state index is -5.16. The Morgan fingerprint density at radius 2 is 2.07 bits per heavy atom. The molecule has 8 nitrogen and oxygen atoms in total. The van der Waals surface area contributed by atoms with Gasteiger partial charge in [-0.05, 0) is 6.92 Å². The van der Waals surface area contributed by atoms with Crippen molar-refractivity contribution >= 4 is 7.82 Å². The Kier molecular flexibility index (Phi) is 3.54. The van der Waals surface area contributed by atoms with Crippen molar-refractivity contribution in [2.45, 2.75) is 31.0 Å². The van der Waals surface area contributed by atoms with Gasteiger partial charge in [0.2, 0.25) is 0 Å². The number of aliphatic hydroxyl groups is 3. The number of ether oxygens (including phenoxy) is 1. The zero-order chi connectivity index (χ0) is 11.9. The highest BCUT2D eigenvalue weighted by Crippen LogP contribution is 2.32. The second-order valence-corrected chi connectivity index (χ2v) is 4.54. The molecule has 1 rings (SSSR count). The van der Waals surface area contributed by atoms with Crippen molar-refractivity contribution in [2.24, 2.45) is 0 Å². The third-order valence-corrected chi connectivity index (χ3v) is 2.51. The standard InChI is InChI=1S/C6H13O8P/c1-6(9)5(8)4(7)3(14-6)2-13-15(10,11)12/h3-5,7-9H,2H2,1H3,(H2,10,11,12)/p-2/t3-,4-,5+,6?/m1/s1. The van der Waals surface area contributed by atoms with Crippen LogP contribution in [0.3, 0.4) is 0 Å². The first kappa shape index (κ1) is 13.0. The van der Waals surface area contributed by atoms with Gasteiger partial charge in [-0.1, -0.05) is 0 Å². The van der Waals surface area contributed by atoms with Gasteiger partial charge in [-0.2, -0.15) is 0 Å². The van der Waals surface area contributed by atoms with Crippen molar-refractivity contribution in [3.05, 3.63) is 0 Å². The van der Waals surface area contributed by atoms with E-state index in [0.29, 0.717) is 0 Å². The van der Waals surface area contributed by atoms with Crippen LogP contribution in [0.2, 0.25) is 0 Å². The van der Waals surface area contributed by atoms with Gasteiger partial charge >= 0.3 is 0 Å². The third kappa shape index (κ3) is 3.20. The fourth-order valence-corrected chi connectivity index (χ4v) is 1.59. The summed E-state index contributed by atoms with van der Waals surface area (Å²) in [5, 5.41) is 27.8. The van der Waals surface area contributed by atoms with Crippen LogP contribution in [0.4, 0.5) is 0 Å². The summed E-state index contributed by atoms with van der Waals surface area (Å²) in [5.74, 6) is -2.00. The smallest absolute Gasteiger partial charge is 0.192 e. The molecule has 1 saturated heterocycles. The van der Waals surface area contributed by atoms with E-state index >= 15 is 0 Å². The van der Waals surface area contributed by atoms with Gasteiger partial charge < -0.3 is 38.9 Å². The van der Waals surface area contributed by atoms with Gasteiger partial charge in [-0.25, -0.2) is 0 Å².